The molecule has 1 fully saturated rings. The van der Waals surface area contributed by atoms with E-state index in [0.29, 0.717) is 18.7 Å². The van der Waals surface area contributed by atoms with Crippen LogP contribution in [0.4, 0.5) is 5.82 Å². The molecule has 2 aromatic rings. The van der Waals surface area contributed by atoms with Gasteiger partial charge in [0.05, 0.1) is 3.57 Å². The highest BCUT2D eigenvalue weighted by Gasteiger charge is 2.22. The summed E-state index contributed by atoms with van der Waals surface area (Å²) < 4.78 is 6.70. The molecule has 0 radical (unpaired) electrons. The van der Waals surface area contributed by atoms with Gasteiger partial charge in [0, 0.05) is 12.2 Å². The van der Waals surface area contributed by atoms with Crippen LogP contribution < -0.4 is 15.6 Å². The van der Waals surface area contributed by atoms with Crippen molar-refractivity contribution in [3.63, 3.8) is 0 Å². The molecule has 0 aliphatic heterocycles. The van der Waals surface area contributed by atoms with Crippen molar-refractivity contribution in [2.45, 2.75) is 51.7 Å². The first-order valence-corrected chi connectivity index (χ1v) is 9.46. The molecule has 1 saturated carbocycles. The molecule has 1 heterocycles. The Hall–Kier alpha value is -1.41. The summed E-state index contributed by atoms with van der Waals surface area (Å²) in [6.45, 7) is 2.52. The second kappa shape index (κ2) is 8.11. The van der Waals surface area contributed by atoms with Crippen LogP contribution in [0.5, 0.6) is 6.01 Å². The summed E-state index contributed by atoms with van der Waals surface area (Å²) in [5.41, 5.74) is 2.33. The van der Waals surface area contributed by atoms with Gasteiger partial charge in [-0.2, -0.15) is 4.98 Å². The van der Waals surface area contributed by atoms with Gasteiger partial charge in [-0.1, -0.05) is 49.1 Å². The Bertz CT molecular complexity index is 671. The molecule has 0 atom stereocenters. The van der Waals surface area contributed by atoms with Crippen LogP contribution in [0.15, 0.2) is 30.5 Å². The number of halogens is 1. The first kappa shape index (κ1) is 17.4. The average molecular weight is 438 g/mol. The van der Waals surface area contributed by atoms with Gasteiger partial charge in [-0.15, -0.1) is 0 Å². The number of aromatic nitrogens is 2. The minimum absolute atomic E-state index is 0.354. The third-order valence-corrected chi connectivity index (χ3v) is 5.17. The van der Waals surface area contributed by atoms with E-state index in [-0.39, 0.29) is 0 Å². The number of hydrogen-bond donors (Lipinski definition) is 1. The van der Waals surface area contributed by atoms with E-state index in [0.717, 1.165) is 27.8 Å². The fourth-order valence-electron chi connectivity index (χ4n) is 2.96. The summed E-state index contributed by atoms with van der Waals surface area (Å²) in [6, 6.07) is 8.98. The standard InChI is InChI=1S/C18H23IN4O/c1-13-7-9-14(10-8-13)12-24-18-21-11-16(19)17(22-18)23(20)15-5-3-2-4-6-15/h7-11,15H,2-6,12,20H2,1H3. The summed E-state index contributed by atoms with van der Waals surface area (Å²) >= 11 is 2.23. The quantitative estimate of drug-likeness (QED) is 0.435. The number of nitrogens with zero attached hydrogens (tertiary/aromatic N) is 3. The van der Waals surface area contributed by atoms with E-state index >= 15 is 0 Å². The summed E-state index contributed by atoms with van der Waals surface area (Å²) in [5, 5.41) is 1.81. The first-order valence-electron chi connectivity index (χ1n) is 8.38. The highest BCUT2D eigenvalue weighted by Crippen LogP contribution is 2.27. The van der Waals surface area contributed by atoms with E-state index in [1.165, 1.54) is 24.8 Å². The molecule has 2 N–H and O–H groups in total. The maximum absolute atomic E-state index is 6.35. The van der Waals surface area contributed by atoms with Gasteiger partial charge in [-0.3, -0.25) is 5.01 Å². The topological polar surface area (TPSA) is 64.3 Å². The molecule has 0 spiro atoms. The lowest BCUT2D eigenvalue weighted by molar-refractivity contribution is 0.280. The molecule has 1 aliphatic carbocycles. The number of benzene rings is 1. The monoisotopic (exact) mass is 438 g/mol. The number of nitrogens with two attached hydrogens (primary N) is 1. The minimum atomic E-state index is 0.354. The predicted molar refractivity (Wildman–Crippen MR) is 104 cm³/mol. The van der Waals surface area contributed by atoms with Crippen molar-refractivity contribution in [1.82, 2.24) is 9.97 Å². The molecule has 5 nitrogen and oxygen atoms in total. The average Bonchev–Trinajstić information content (AvgIpc) is 2.62. The van der Waals surface area contributed by atoms with Gasteiger partial charge in [-0.05, 0) is 47.9 Å². The third kappa shape index (κ3) is 4.36. The second-order valence-corrected chi connectivity index (χ2v) is 7.46. The van der Waals surface area contributed by atoms with Gasteiger partial charge in [0.25, 0.3) is 0 Å². The van der Waals surface area contributed by atoms with Crippen LogP contribution in [0.25, 0.3) is 0 Å². The van der Waals surface area contributed by atoms with E-state index in [4.69, 9.17) is 10.6 Å². The fourth-order valence-corrected chi connectivity index (χ4v) is 3.50. The number of aryl methyl sites for hydroxylation is 1. The molecular weight excluding hydrogens is 415 g/mol. The van der Waals surface area contributed by atoms with E-state index in [1.54, 1.807) is 11.2 Å². The number of ether oxygens (including phenoxy) is 1. The number of hydrazine groups is 1. The Balaban J connectivity index is 1.69. The van der Waals surface area contributed by atoms with Crippen molar-refractivity contribution in [1.29, 1.82) is 0 Å². The van der Waals surface area contributed by atoms with E-state index in [2.05, 4.69) is 63.7 Å². The number of anilines is 1. The summed E-state index contributed by atoms with van der Waals surface area (Å²) in [7, 11) is 0. The number of hydrogen-bond acceptors (Lipinski definition) is 5. The van der Waals surface area contributed by atoms with Crippen molar-refractivity contribution < 1.29 is 4.74 Å². The molecule has 6 heteroatoms. The Morgan fingerprint density at radius 2 is 1.92 bits per heavy atom. The maximum atomic E-state index is 6.35. The predicted octanol–water partition coefficient (Wildman–Crippen LogP) is 3.98. The zero-order valence-corrected chi connectivity index (χ0v) is 16.1. The molecule has 0 unspecified atom stereocenters. The van der Waals surface area contributed by atoms with Crippen molar-refractivity contribution in [2.24, 2.45) is 5.84 Å². The molecule has 0 saturated heterocycles. The smallest absolute Gasteiger partial charge is 0.318 e. The van der Waals surface area contributed by atoms with Crippen molar-refractivity contribution >= 4 is 28.4 Å². The van der Waals surface area contributed by atoms with Crippen LogP contribution in [0, 0.1) is 10.5 Å². The zero-order valence-electron chi connectivity index (χ0n) is 13.9. The second-order valence-electron chi connectivity index (χ2n) is 6.30. The number of rotatable bonds is 5. The molecular formula is C18H23IN4O. The zero-order chi connectivity index (χ0) is 16.9. The molecule has 3 rings (SSSR count). The Kier molecular flexibility index (Phi) is 5.89. The largest absolute Gasteiger partial charge is 0.459 e. The SMILES string of the molecule is Cc1ccc(COc2ncc(I)c(N(N)C3CCCCC3)n2)cc1. The molecule has 0 amide bonds. The molecule has 0 bridgehead atoms. The third-order valence-electron chi connectivity index (χ3n) is 4.40. The van der Waals surface area contributed by atoms with Crippen LogP contribution >= 0.6 is 22.6 Å². The highest BCUT2D eigenvalue weighted by atomic mass is 127. The Labute approximate surface area is 156 Å². The van der Waals surface area contributed by atoms with Crippen LogP contribution in [-0.2, 0) is 6.61 Å². The van der Waals surface area contributed by atoms with E-state index < -0.39 is 0 Å². The lowest BCUT2D eigenvalue weighted by atomic mass is 9.95. The van der Waals surface area contributed by atoms with E-state index in [1.807, 2.05) is 0 Å². The van der Waals surface area contributed by atoms with Crippen molar-refractivity contribution in [3.8, 4) is 6.01 Å². The van der Waals surface area contributed by atoms with Gasteiger partial charge >= 0.3 is 6.01 Å². The van der Waals surface area contributed by atoms with Gasteiger partial charge in [0.15, 0.2) is 5.82 Å². The van der Waals surface area contributed by atoms with Gasteiger partial charge < -0.3 is 4.74 Å². The van der Waals surface area contributed by atoms with Gasteiger partial charge in [-0.25, -0.2) is 10.8 Å². The molecule has 1 aromatic heterocycles. The van der Waals surface area contributed by atoms with Crippen molar-refractivity contribution in [2.75, 3.05) is 5.01 Å². The van der Waals surface area contributed by atoms with Crippen molar-refractivity contribution in [3.05, 3.63) is 45.2 Å². The van der Waals surface area contributed by atoms with Gasteiger partial charge in [0.2, 0.25) is 0 Å². The normalized spacial score (nSPS) is 15.3. The molecule has 24 heavy (non-hydrogen) atoms. The summed E-state index contributed by atoms with van der Waals surface area (Å²) in [4.78, 5) is 8.82. The molecule has 1 aliphatic rings. The summed E-state index contributed by atoms with van der Waals surface area (Å²) in [5.74, 6) is 7.11. The first-order chi connectivity index (χ1) is 11.6. The lowest BCUT2D eigenvalue weighted by Gasteiger charge is -2.31. The summed E-state index contributed by atoms with van der Waals surface area (Å²) in [6.07, 6.45) is 7.78. The van der Waals surface area contributed by atoms with Crippen LogP contribution in [0.1, 0.15) is 43.2 Å². The van der Waals surface area contributed by atoms with Crippen LogP contribution in [0.3, 0.4) is 0 Å². The molecule has 1 aromatic carbocycles. The van der Waals surface area contributed by atoms with Crippen LogP contribution in [0.2, 0.25) is 0 Å². The molecule has 128 valence electrons. The maximum Gasteiger partial charge on any atom is 0.318 e. The minimum Gasteiger partial charge on any atom is -0.459 e. The van der Waals surface area contributed by atoms with Gasteiger partial charge in [0.1, 0.15) is 6.61 Å². The van der Waals surface area contributed by atoms with Crippen LogP contribution in [-0.4, -0.2) is 16.0 Å². The lowest BCUT2D eigenvalue weighted by Crippen LogP contribution is -2.43. The fraction of sp³-hybridized carbons (Fsp3) is 0.444. The Morgan fingerprint density at radius 1 is 1.21 bits per heavy atom. The van der Waals surface area contributed by atoms with E-state index in [9.17, 15) is 0 Å². The highest BCUT2D eigenvalue weighted by molar-refractivity contribution is 14.1. The Morgan fingerprint density at radius 3 is 2.62 bits per heavy atom.